The Balaban J connectivity index is 0.000000384. The second-order valence-electron chi connectivity index (χ2n) is 9.47. The lowest BCUT2D eigenvalue weighted by atomic mass is 9.99. The van der Waals surface area contributed by atoms with Gasteiger partial charge in [0.2, 0.25) is 5.91 Å². The SMILES string of the molecule is Cc1ccc(NC(=O)C2c3c(ncn3C(C)C)CCN2Cc2ccccc2)cn1.O=C(O)C(F)(F)F.O=C(O)C(F)(F)F. The molecule has 2 aromatic heterocycles. The van der Waals surface area contributed by atoms with E-state index in [1.807, 2.05) is 43.6 Å². The van der Waals surface area contributed by atoms with Crippen molar-refractivity contribution in [1.29, 1.82) is 0 Å². The van der Waals surface area contributed by atoms with E-state index in [-0.39, 0.29) is 11.9 Å². The third kappa shape index (κ3) is 10.4. The number of hydrogen-bond acceptors (Lipinski definition) is 6. The lowest BCUT2D eigenvalue weighted by molar-refractivity contribution is -0.193. The van der Waals surface area contributed by atoms with Crippen molar-refractivity contribution in [3.63, 3.8) is 0 Å². The van der Waals surface area contributed by atoms with Gasteiger partial charge in [-0.25, -0.2) is 14.6 Å². The molecule has 3 aromatic rings. The summed E-state index contributed by atoms with van der Waals surface area (Å²) in [6.45, 7) is 7.69. The predicted octanol–water partition coefficient (Wildman–Crippen LogP) is 5.17. The zero-order valence-electron chi connectivity index (χ0n) is 23.1. The number of carboxylic acid groups (broad SMARTS) is 2. The molecular formula is C27H29F6N5O5. The van der Waals surface area contributed by atoms with Gasteiger partial charge in [0, 0.05) is 31.2 Å². The van der Waals surface area contributed by atoms with Crippen molar-refractivity contribution < 1.29 is 50.9 Å². The number of nitrogens with one attached hydrogen (secondary N) is 1. The van der Waals surface area contributed by atoms with Gasteiger partial charge in [-0.3, -0.25) is 14.7 Å². The zero-order valence-corrected chi connectivity index (χ0v) is 23.1. The van der Waals surface area contributed by atoms with Gasteiger partial charge in [0.15, 0.2) is 0 Å². The summed E-state index contributed by atoms with van der Waals surface area (Å²) in [6.07, 6.45) is -5.74. The second kappa shape index (κ2) is 14.6. The molecule has 4 rings (SSSR count). The van der Waals surface area contributed by atoms with Crippen LogP contribution in [-0.2, 0) is 27.3 Å². The minimum absolute atomic E-state index is 0.0464. The van der Waals surface area contributed by atoms with Crippen molar-refractivity contribution in [3.8, 4) is 0 Å². The van der Waals surface area contributed by atoms with Crippen LogP contribution in [0.1, 0.15) is 48.6 Å². The van der Waals surface area contributed by atoms with Crippen molar-refractivity contribution in [3.05, 3.63) is 77.6 Å². The van der Waals surface area contributed by atoms with Crippen LogP contribution in [0.4, 0.5) is 32.0 Å². The van der Waals surface area contributed by atoms with Crippen LogP contribution in [0.25, 0.3) is 0 Å². The molecule has 0 saturated carbocycles. The number of amides is 1. The van der Waals surface area contributed by atoms with E-state index in [0.29, 0.717) is 12.2 Å². The number of aromatic nitrogens is 3. The molecule has 3 N–H and O–H groups in total. The van der Waals surface area contributed by atoms with Gasteiger partial charge in [0.25, 0.3) is 0 Å². The topological polar surface area (TPSA) is 138 Å². The normalized spacial score (nSPS) is 14.9. The largest absolute Gasteiger partial charge is 0.490 e. The standard InChI is InChI=1S/C23H27N5O.2C2HF3O2/c1-16(2)28-15-25-20-11-12-27(14-18-7-5-4-6-8-18)22(21(20)28)23(29)26-19-10-9-17(3)24-13-19;2*3-2(4,5)1(6)7/h4-10,13,15-16,22H,11-12,14H2,1-3H3,(H,26,29);2*(H,6,7). The lowest BCUT2D eigenvalue weighted by Crippen LogP contribution is -2.42. The van der Waals surface area contributed by atoms with Crippen molar-refractivity contribution in [2.45, 2.75) is 58.2 Å². The van der Waals surface area contributed by atoms with Gasteiger partial charge < -0.3 is 20.1 Å². The third-order valence-electron chi connectivity index (χ3n) is 5.87. The zero-order chi connectivity index (χ0) is 32.5. The molecule has 0 bridgehead atoms. The number of aryl methyl sites for hydroxylation is 1. The number of rotatable bonds is 5. The average molecular weight is 618 g/mol. The number of pyridine rings is 1. The smallest absolute Gasteiger partial charge is 0.475 e. The van der Waals surface area contributed by atoms with Gasteiger partial charge in [0.1, 0.15) is 6.04 Å². The van der Waals surface area contributed by atoms with Gasteiger partial charge in [-0.15, -0.1) is 0 Å². The quantitative estimate of drug-likeness (QED) is 0.334. The number of carbonyl (C=O) groups is 3. The number of aliphatic carboxylic acids is 2. The summed E-state index contributed by atoms with van der Waals surface area (Å²) >= 11 is 0. The van der Waals surface area contributed by atoms with Crippen LogP contribution in [0, 0.1) is 6.92 Å². The van der Waals surface area contributed by atoms with E-state index < -0.39 is 30.3 Å². The Morgan fingerprint density at radius 2 is 1.51 bits per heavy atom. The second-order valence-corrected chi connectivity index (χ2v) is 9.47. The van der Waals surface area contributed by atoms with Crippen LogP contribution >= 0.6 is 0 Å². The van der Waals surface area contributed by atoms with Crippen LogP contribution in [0.5, 0.6) is 0 Å². The molecule has 1 amide bonds. The summed E-state index contributed by atoms with van der Waals surface area (Å²) < 4.78 is 65.6. The maximum atomic E-state index is 13.5. The summed E-state index contributed by atoms with van der Waals surface area (Å²) in [5, 5.41) is 17.3. The van der Waals surface area contributed by atoms with E-state index >= 15 is 0 Å². The first-order valence-electron chi connectivity index (χ1n) is 12.6. The van der Waals surface area contributed by atoms with Gasteiger partial charge >= 0.3 is 24.3 Å². The highest BCUT2D eigenvalue weighted by atomic mass is 19.4. The molecule has 1 aromatic carbocycles. The van der Waals surface area contributed by atoms with Crippen LogP contribution < -0.4 is 5.32 Å². The van der Waals surface area contributed by atoms with Crippen LogP contribution in [0.3, 0.4) is 0 Å². The van der Waals surface area contributed by atoms with Gasteiger partial charge in [0.05, 0.1) is 29.6 Å². The highest BCUT2D eigenvalue weighted by Crippen LogP contribution is 2.33. The Labute approximate surface area is 242 Å². The molecule has 1 unspecified atom stereocenters. The highest BCUT2D eigenvalue weighted by molar-refractivity contribution is 5.95. The molecule has 43 heavy (non-hydrogen) atoms. The van der Waals surface area contributed by atoms with Crippen molar-refractivity contribution >= 4 is 23.5 Å². The Morgan fingerprint density at radius 3 is 1.98 bits per heavy atom. The summed E-state index contributed by atoms with van der Waals surface area (Å²) in [4.78, 5) is 42.4. The molecule has 0 fully saturated rings. The number of hydrogen-bond donors (Lipinski definition) is 3. The molecule has 10 nitrogen and oxygen atoms in total. The molecular weight excluding hydrogens is 588 g/mol. The summed E-state index contributed by atoms with van der Waals surface area (Å²) in [7, 11) is 0. The van der Waals surface area contributed by atoms with E-state index in [2.05, 4.69) is 50.7 Å². The first kappa shape index (κ1) is 34.7. The summed E-state index contributed by atoms with van der Waals surface area (Å²) in [5.74, 6) is -5.56. The number of nitrogens with zero attached hydrogens (tertiary/aromatic N) is 4. The Bertz CT molecular complexity index is 1350. The number of anilines is 1. The monoisotopic (exact) mass is 617 g/mol. The first-order valence-corrected chi connectivity index (χ1v) is 12.6. The molecule has 1 aliphatic rings. The van der Waals surface area contributed by atoms with E-state index in [1.54, 1.807) is 6.20 Å². The number of carboxylic acids is 2. The molecule has 0 saturated heterocycles. The number of alkyl halides is 6. The number of fused-ring (bicyclic) bond motifs is 1. The fourth-order valence-electron chi connectivity index (χ4n) is 3.89. The Morgan fingerprint density at radius 1 is 0.953 bits per heavy atom. The predicted molar refractivity (Wildman–Crippen MR) is 141 cm³/mol. The van der Waals surface area contributed by atoms with Crippen LogP contribution in [0.15, 0.2) is 55.0 Å². The fourth-order valence-corrected chi connectivity index (χ4v) is 3.89. The van der Waals surface area contributed by atoms with Crippen molar-refractivity contribution in [2.24, 2.45) is 0 Å². The number of halogens is 6. The van der Waals surface area contributed by atoms with Gasteiger partial charge in [-0.2, -0.15) is 26.3 Å². The molecule has 1 aliphatic heterocycles. The maximum absolute atomic E-state index is 13.5. The third-order valence-corrected chi connectivity index (χ3v) is 5.87. The molecule has 0 radical (unpaired) electrons. The van der Waals surface area contributed by atoms with Crippen LogP contribution in [0.2, 0.25) is 0 Å². The molecule has 3 heterocycles. The number of imidazole rings is 1. The Hall–Kier alpha value is -4.47. The number of benzene rings is 1. The summed E-state index contributed by atoms with van der Waals surface area (Å²) in [6, 6.07) is 13.9. The van der Waals surface area contributed by atoms with Gasteiger partial charge in [-0.05, 0) is 38.5 Å². The molecule has 234 valence electrons. The van der Waals surface area contributed by atoms with Crippen molar-refractivity contribution in [2.75, 3.05) is 11.9 Å². The van der Waals surface area contributed by atoms with Gasteiger partial charge in [-0.1, -0.05) is 30.3 Å². The van der Waals surface area contributed by atoms with E-state index in [0.717, 1.165) is 30.0 Å². The van der Waals surface area contributed by atoms with E-state index in [9.17, 15) is 31.1 Å². The Kier molecular flexibility index (Phi) is 11.8. The fraction of sp³-hybridized carbons (Fsp3) is 0.370. The highest BCUT2D eigenvalue weighted by Gasteiger charge is 2.39. The van der Waals surface area contributed by atoms with Crippen LogP contribution in [-0.4, -0.2) is 66.4 Å². The summed E-state index contributed by atoms with van der Waals surface area (Å²) in [5.41, 5.74) is 4.85. The lowest BCUT2D eigenvalue weighted by Gasteiger charge is -2.36. The average Bonchev–Trinajstić information content (AvgIpc) is 3.34. The minimum Gasteiger partial charge on any atom is -0.475 e. The number of carbonyl (C=O) groups excluding carboxylic acids is 1. The molecule has 0 aliphatic carbocycles. The van der Waals surface area contributed by atoms with E-state index in [4.69, 9.17) is 19.8 Å². The maximum Gasteiger partial charge on any atom is 0.490 e. The molecule has 1 atom stereocenters. The molecule has 0 spiro atoms. The van der Waals surface area contributed by atoms with Crippen molar-refractivity contribution in [1.82, 2.24) is 19.4 Å². The minimum atomic E-state index is -5.08. The first-order chi connectivity index (χ1) is 19.9. The molecule has 16 heteroatoms. The van der Waals surface area contributed by atoms with E-state index in [1.165, 1.54) is 5.56 Å².